The summed E-state index contributed by atoms with van der Waals surface area (Å²) in [6.45, 7) is 0. The molecule has 0 radical (unpaired) electrons. The van der Waals surface area contributed by atoms with Crippen molar-refractivity contribution in [2.24, 2.45) is 5.73 Å². The zero-order valence-electron chi connectivity index (χ0n) is 12.4. The fraction of sp³-hybridized carbons (Fsp3) is 0.0526. The van der Waals surface area contributed by atoms with Gasteiger partial charge in [0.2, 0.25) is 0 Å². The van der Waals surface area contributed by atoms with Crippen LogP contribution >= 0.6 is 0 Å². The number of benzene rings is 3. The Bertz CT molecular complexity index is 888. The van der Waals surface area contributed by atoms with Crippen LogP contribution in [0.5, 0.6) is 0 Å². The summed E-state index contributed by atoms with van der Waals surface area (Å²) in [5, 5.41) is 19.0. The summed E-state index contributed by atoms with van der Waals surface area (Å²) in [4.78, 5) is 11.7. The number of rotatable bonds is 4. The molecule has 1 atom stereocenters. The van der Waals surface area contributed by atoms with Gasteiger partial charge in [0.25, 0.3) is 0 Å². The number of amidine groups is 1. The highest BCUT2D eigenvalue weighted by molar-refractivity contribution is 5.99. The molecule has 0 aromatic heterocycles. The van der Waals surface area contributed by atoms with E-state index in [9.17, 15) is 9.90 Å². The maximum absolute atomic E-state index is 11.7. The second-order valence-corrected chi connectivity index (χ2v) is 5.42. The van der Waals surface area contributed by atoms with Crippen molar-refractivity contribution in [2.45, 2.75) is 5.92 Å². The summed E-state index contributed by atoms with van der Waals surface area (Å²) < 4.78 is 0. The first-order chi connectivity index (χ1) is 11.1. The molecule has 0 aliphatic carbocycles. The van der Waals surface area contributed by atoms with Crippen LogP contribution in [0.15, 0.2) is 66.7 Å². The first-order valence-corrected chi connectivity index (χ1v) is 7.22. The molecule has 0 spiro atoms. The normalized spacial score (nSPS) is 12.0. The van der Waals surface area contributed by atoms with Crippen LogP contribution in [0.2, 0.25) is 0 Å². The Labute approximate surface area is 133 Å². The topological polar surface area (TPSA) is 87.2 Å². The number of carboxylic acid groups (broad SMARTS) is 1. The summed E-state index contributed by atoms with van der Waals surface area (Å²) in [7, 11) is 0. The van der Waals surface area contributed by atoms with E-state index in [1.807, 2.05) is 60.7 Å². The molecule has 0 saturated heterocycles. The van der Waals surface area contributed by atoms with Crippen molar-refractivity contribution in [3.05, 3.63) is 83.4 Å². The van der Waals surface area contributed by atoms with Crippen molar-refractivity contribution in [2.75, 3.05) is 0 Å². The average Bonchev–Trinajstić information content (AvgIpc) is 2.55. The van der Waals surface area contributed by atoms with E-state index in [1.54, 1.807) is 6.07 Å². The first-order valence-electron chi connectivity index (χ1n) is 7.22. The minimum atomic E-state index is -0.879. The molecule has 0 heterocycles. The standard InChI is InChI=1S/C19H16N2O2/c20-18(21)16-9-7-13-10-15(8-6-14(13)11-16)17(19(22)23)12-4-2-1-3-5-12/h1-11,17H,(H3,20,21)(H,22,23). The van der Waals surface area contributed by atoms with Crippen LogP contribution in [-0.4, -0.2) is 16.9 Å². The lowest BCUT2D eigenvalue weighted by Crippen LogP contribution is -2.13. The number of carboxylic acids is 1. The molecule has 0 saturated carbocycles. The van der Waals surface area contributed by atoms with Gasteiger partial charge in [0.15, 0.2) is 0 Å². The number of nitrogen functional groups attached to an aromatic ring is 1. The molecule has 3 aromatic rings. The quantitative estimate of drug-likeness (QED) is 0.510. The van der Waals surface area contributed by atoms with Gasteiger partial charge in [-0.05, 0) is 34.0 Å². The van der Waals surface area contributed by atoms with Crippen LogP contribution in [0.3, 0.4) is 0 Å². The molecule has 0 fully saturated rings. The Balaban J connectivity index is 2.09. The fourth-order valence-corrected chi connectivity index (χ4v) is 2.73. The lowest BCUT2D eigenvalue weighted by Gasteiger charge is -2.14. The Hall–Kier alpha value is -3.14. The van der Waals surface area contributed by atoms with E-state index in [0.717, 1.165) is 21.9 Å². The second kappa shape index (κ2) is 5.93. The monoisotopic (exact) mass is 304 g/mol. The summed E-state index contributed by atoms with van der Waals surface area (Å²) >= 11 is 0. The zero-order valence-corrected chi connectivity index (χ0v) is 12.4. The van der Waals surface area contributed by atoms with E-state index in [4.69, 9.17) is 11.1 Å². The number of nitrogens with two attached hydrogens (primary N) is 1. The Morgan fingerprint density at radius 2 is 1.57 bits per heavy atom. The van der Waals surface area contributed by atoms with Crippen LogP contribution in [0.25, 0.3) is 10.8 Å². The number of fused-ring (bicyclic) bond motifs is 1. The van der Waals surface area contributed by atoms with E-state index >= 15 is 0 Å². The molecule has 23 heavy (non-hydrogen) atoms. The highest BCUT2D eigenvalue weighted by atomic mass is 16.4. The third-order valence-corrected chi connectivity index (χ3v) is 3.89. The summed E-state index contributed by atoms with van der Waals surface area (Å²) in [5.74, 6) is -1.56. The van der Waals surface area contributed by atoms with Crippen molar-refractivity contribution in [1.82, 2.24) is 0 Å². The van der Waals surface area contributed by atoms with Gasteiger partial charge in [-0.2, -0.15) is 0 Å². The summed E-state index contributed by atoms with van der Waals surface area (Å²) in [6.07, 6.45) is 0. The molecule has 3 aromatic carbocycles. The summed E-state index contributed by atoms with van der Waals surface area (Å²) in [5.41, 5.74) is 7.64. The fourth-order valence-electron chi connectivity index (χ4n) is 2.73. The van der Waals surface area contributed by atoms with Gasteiger partial charge in [-0.25, -0.2) is 0 Å². The molecule has 1 unspecified atom stereocenters. The van der Waals surface area contributed by atoms with Gasteiger partial charge >= 0.3 is 5.97 Å². The van der Waals surface area contributed by atoms with E-state index in [2.05, 4.69) is 0 Å². The number of nitrogens with one attached hydrogen (secondary N) is 1. The molecule has 0 bridgehead atoms. The molecule has 3 rings (SSSR count). The average molecular weight is 304 g/mol. The maximum atomic E-state index is 11.7. The number of carbonyl (C=O) groups is 1. The molecule has 114 valence electrons. The molecular formula is C19H16N2O2. The number of aliphatic carboxylic acids is 1. The third kappa shape index (κ3) is 2.92. The first kappa shape index (κ1) is 14.8. The molecule has 0 amide bonds. The Kier molecular flexibility index (Phi) is 3.81. The molecule has 0 aliphatic rings. The highest BCUT2D eigenvalue weighted by Gasteiger charge is 2.22. The van der Waals surface area contributed by atoms with Crippen LogP contribution < -0.4 is 5.73 Å². The minimum absolute atomic E-state index is 0.0173. The molecule has 4 nitrogen and oxygen atoms in total. The van der Waals surface area contributed by atoms with E-state index in [0.29, 0.717) is 5.56 Å². The van der Waals surface area contributed by atoms with Crippen molar-refractivity contribution < 1.29 is 9.90 Å². The van der Waals surface area contributed by atoms with Gasteiger partial charge in [0, 0.05) is 5.56 Å². The van der Waals surface area contributed by atoms with Gasteiger partial charge in [-0.3, -0.25) is 10.2 Å². The number of hydrogen-bond acceptors (Lipinski definition) is 2. The maximum Gasteiger partial charge on any atom is 0.315 e. The molecule has 4 heteroatoms. The van der Waals surface area contributed by atoms with Crippen molar-refractivity contribution in [1.29, 1.82) is 5.41 Å². The van der Waals surface area contributed by atoms with Crippen LogP contribution in [-0.2, 0) is 4.79 Å². The van der Waals surface area contributed by atoms with E-state index in [1.165, 1.54) is 0 Å². The van der Waals surface area contributed by atoms with Gasteiger partial charge < -0.3 is 10.8 Å². The van der Waals surface area contributed by atoms with Crippen LogP contribution in [0.1, 0.15) is 22.6 Å². The highest BCUT2D eigenvalue weighted by Crippen LogP contribution is 2.28. The predicted molar refractivity (Wildman–Crippen MR) is 90.9 cm³/mol. The lowest BCUT2D eigenvalue weighted by atomic mass is 9.90. The van der Waals surface area contributed by atoms with E-state index < -0.39 is 11.9 Å². The SMILES string of the molecule is N=C(N)c1ccc2cc(C(C(=O)O)c3ccccc3)ccc2c1. The summed E-state index contributed by atoms with van der Waals surface area (Å²) in [6, 6.07) is 20.2. The van der Waals surface area contributed by atoms with Crippen molar-refractivity contribution in [3.8, 4) is 0 Å². The van der Waals surface area contributed by atoms with Crippen LogP contribution in [0.4, 0.5) is 0 Å². The molecule has 0 aliphatic heterocycles. The predicted octanol–water partition coefficient (Wildman–Crippen LogP) is 3.34. The van der Waals surface area contributed by atoms with Gasteiger partial charge in [-0.1, -0.05) is 54.6 Å². The van der Waals surface area contributed by atoms with Crippen LogP contribution in [0, 0.1) is 5.41 Å². The van der Waals surface area contributed by atoms with E-state index in [-0.39, 0.29) is 5.84 Å². The zero-order chi connectivity index (χ0) is 16.4. The Morgan fingerprint density at radius 1 is 0.913 bits per heavy atom. The van der Waals surface area contributed by atoms with Crippen molar-refractivity contribution >= 4 is 22.6 Å². The van der Waals surface area contributed by atoms with Crippen molar-refractivity contribution in [3.63, 3.8) is 0 Å². The lowest BCUT2D eigenvalue weighted by molar-refractivity contribution is -0.137. The smallest absolute Gasteiger partial charge is 0.315 e. The largest absolute Gasteiger partial charge is 0.481 e. The third-order valence-electron chi connectivity index (χ3n) is 3.89. The minimum Gasteiger partial charge on any atom is -0.481 e. The Morgan fingerprint density at radius 3 is 2.22 bits per heavy atom. The van der Waals surface area contributed by atoms with Gasteiger partial charge in [0.1, 0.15) is 11.8 Å². The number of hydrogen-bond donors (Lipinski definition) is 3. The second-order valence-electron chi connectivity index (χ2n) is 5.42. The molecule has 4 N–H and O–H groups in total. The van der Waals surface area contributed by atoms with Gasteiger partial charge in [0.05, 0.1) is 0 Å². The van der Waals surface area contributed by atoms with Gasteiger partial charge in [-0.15, -0.1) is 0 Å². The molecular weight excluding hydrogens is 288 g/mol.